The van der Waals surface area contributed by atoms with E-state index in [-0.39, 0.29) is 12.3 Å². The first-order valence-corrected chi connectivity index (χ1v) is 12.7. The summed E-state index contributed by atoms with van der Waals surface area (Å²) in [5.74, 6) is 1.18. The number of carbonyl (C=O) groups is 1. The number of aliphatic carboxylic acids is 1. The summed E-state index contributed by atoms with van der Waals surface area (Å²) in [7, 11) is 1.87. The van der Waals surface area contributed by atoms with E-state index in [2.05, 4.69) is 61.3 Å². The second-order valence-electron chi connectivity index (χ2n) is 9.30. The first-order valence-electron chi connectivity index (χ1n) is 12.7. The monoisotopic (exact) mass is 498 g/mol. The van der Waals surface area contributed by atoms with Gasteiger partial charge in [-0.25, -0.2) is 4.98 Å². The Hall–Kier alpha value is -4.06. The summed E-state index contributed by atoms with van der Waals surface area (Å²) in [5, 5.41) is 9.40. The van der Waals surface area contributed by atoms with Gasteiger partial charge in [-0.1, -0.05) is 61.4 Å². The molecular weight excluding hydrogens is 464 g/mol. The van der Waals surface area contributed by atoms with Gasteiger partial charge in [-0.15, -0.1) is 0 Å². The molecule has 0 saturated carbocycles. The lowest BCUT2D eigenvalue weighted by atomic mass is 9.94. The number of carboxylic acids is 1. The van der Waals surface area contributed by atoms with Gasteiger partial charge in [0.1, 0.15) is 23.9 Å². The number of hydrogen-bond donors (Lipinski definition) is 1. The molecule has 0 aliphatic rings. The Balaban J connectivity index is 1.42. The summed E-state index contributed by atoms with van der Waals surface area (Å²) in [4.78, 5) is 15.8. The summed E-state index contributed by atoms with van der Waals surface area (Å²) in [6, 6.07) is 22.3. The van der Waals surface area contributed by atoms with Crippen molar-refractivity contribution in [3.63, 3.8) is 0 Å². The van der Waals surface area contributed by atoms with Gasteiger partial charge in [-0.2, -0.15) is 0 Å². The molecule has 0 amide bonds. The van der Waals surface area contributed by atoms with Crippen molar-refractivity contribution in [2.75, 3.05) is 6.61 Å². The fraction of sp³-hybridized carbons (Fsp3) is 0.290. The number of carboxylic acid groups (broad SMARTS) is 1. The van der Waals surface area contributed by atoms with Gasteiger partial charge in [-0.3, -0.25) is 4.79 Å². The van der Waals surface area contributed by atoms with Crippen LogP contribution in [0.4, 0.5) is 0 Å². The zero-order valence-electron chi connectivity index (χ0n) is 21.7. The molecule has 1 N–H and O–H groups in total. The quantitative estimate of drug-likeness (QED) is 0.219. The second kappa shape index (κ2) is 12.3. The molecule has 192 valence electrons. The number of benzene rings is 3. The molecule has 1 aromatic heterocycles. The van der Waals surface area contributed by atoms with Crippen LogP contribution < -0.4 is 9.47 Å². The van der Waals surface area contributed by atoms with E-state index < -0.39 is 5.97 Å². The van der Waals surface area contributed by atoms with Crippen LogP contribution in [0.15, 0.2) is 79.1 Å². The molecule has 1 heterocycles. The molecular formula is C31H34N2O4. The standard InChI is InChI=1S/C31H34N2O4/c1-4-5-18-36-29-15-6-22(2)19-27(29)24-9-7-23(8-10-24)21-37-26-13-11-25(12-14-26)28(20-30(34)35)31-32-16-17-33(31)3/h6-17,19,28H,4-5,18,20-21H2,1-3H3,(H,34,35). The fourth-order valence-corrected chi connectivity index (χ4v) is 4.31. The minimum atomic E-state index is -0.859. The number of ether oxygens (including phenoxy) is 2. The minimum Gasteiger partial charge on any atom is -0.493 e. The van der Waals surface area contributed by atoms with E-state index in [0.29, 0.717) is 6.61 Å². The van der Waals surface area contributed by atoms with Crippen LogP contribution in [0.25, 0.3) is 11.1 Å². The number of hydrogen-bond acceptors (Lipinski definition) is 4. The number of rotatable bonds is 12. The predicted octanol–water partition coefficient (Wildman–Crippen LogP) is 6.76. The molecule has 0 fully saturated rings. The van der Waals surface area contributed by atoms with Crippen LogP contribution in [0.3, 0.4) is 0 Å². The first-order chi connectivity index (χ1) is 17.9. The summed E-state index contributed by atoms with van der Waals surface area (Å²) >= 11 is 0. The molecule has 6 nitrogen and oxygen atoms in total. The lowest BCUT2D eigenvalue weighted by Crippen LogP contribution is -2.12. The molecule has 4 rings (SSSR count). The molecule has 0 radical (unpaired) electrons. The third-order valence-electron chi connectivity index (χ3n) is 6.39. The van der Waals surface area contributed by atoms with E-state index in [1.165, 1.54) is 5.56 Å². The molecule has 3 aromatic carbocycles. The lowest BCUT2D eigenvalue weighted by molar-refractivity contribution is -0.137. The van der Waals surface area contributed by atoms with Crippen LogP contribution in [0.5, 0.6) is 11.5 Å². The molecule has 0 aliphatic carbocycles. The Labute approximate surface area is 218 Å². The predicted molar refractivity (Wildman–Crippen MR) is 145 cm³/mol. The van der Waals surface area contributed by atoms with E-state index in [0.717, 1.165) is 59.0 Å². The number of nitrogens with zero attached hydrogens (tertiary/aromatic N) is 2. The Morgan fingerprint density at radius 1 is 1.03 bits per heavy atom. The molecule has 6 heteroatoms. The van der Waals surface area contributed by atoms with Gasteiger partial charge in [0.05, 0.1) is 18.9 Å². The van der Waals surface area contributed by atoms with Crippen LogP contribution in [0.2, 0.25) is 0 Å². The highest BCUT2D eigenvalue weighted by Gasteiger charge is 2.21. The highest BCUT2D eigenvalue weighted by Crippen LogP contribution is 2.32. The summed E-state index contributed by atoms with van der Waals surface area (Å²) in [6.45, 7) is 5.40. The van der Waals surface area contributed by atoms with Crippen molar-refractivity contribution in [1.29, 1.82) is 0 Å². The number of aryl methyl sites for hydroxylation is 2. The molecule has 1 atom stereocenters. The van der Waals surface area contributed by atoms with Crippen molar-refractivity contribution in [3.05, 3.63) is 102 Å². The van der Waals surface area contributed by atoms with Crippen molar-refractivity contribution >= 4 is 5.97 Å². The normalized spacial score (nSPS) is 11.8. The molecule has 0 spiro atoms. The summed E-state index contributed by atoms with van der Waals surface area (Å²) in [5.41, 5.74) is 5.36. The Kier molecular flexibility index (Phi) is 8.62. The van der Waals surface area contributed by atoms with Crippen LogP contribution in [-0.2, 0) is 18.4 Å². The van der Waals surface area contributed by atoms with Crippen LogP contribution in [-0.4, -0.2) is 27.2 Å². The first kappa shape index (κ1) is 26.0. The van der Waals surface area contributed by atoms with Gasteiger partial charge in [-0.05, 0) is 54.3 Å². The summed E-state index contributed by atoms with van der Waals surface area (Å²) in [6.07, 6.45) is 5.63. The Morgan fingerprint density at radius 2 is 1.78 bits per heavy atom. The zero-order chi connectivity index (χ0) is 26.2. The van der Waals surface area contributed by atoms with Crippen molar-refractivity contribution < 1.29 is 19.4 Å². The van der Waals surface area contributed by atoms with Gasteiger partial charge < -0.3 is 19.1 Å². The molecule has 1 unspecified atom stereocenters. The van der Waals surface area contributed by atoms with Gasteiger partial charge in [0.2, 0.25) is 0 Å². The number of imidazole rings is 1. The molecule has 0 bridgehead atoms. The van der Waals surface area contributed by atoms with Crippen molar-refractivity contribution in [3.8, 4) is 22.6 Å². The van der Waals surface area contributed by atoms with Gasteiger partial charge >= 0.3 is 5.97 Å². The maximum atomic E-state index is 11.5. The van der Waals surface area contributed by atoms with Crippen LogP contribution in [0.1, 0.15) is 54.6 Å². The second-order valence-corrected chi connectivity index (χ2v) is 9.30. The van der Waals surface area contributed by atoms with E-state index in [1.807, 2.05) is 42.1 Å². The maximum absolute atomic E-state index is 11.5. The third kappa shape index (κ3) is 6.79. The minimum absolute atomic E-state index is 0.0241. The van der Waals surface area contributed by atoms with Crippen molar-refractivity contribution in [1.82, 2.24) is 9.55 Å². The molecule has 0 saturated heterocycles. The molecule has 37 heavy (non-hydrogen) atoms. The zero-order valence-corrected chi connectivity index (χ0v) is 21.7. The van der Waals surface area contributed by atoms with E-state index in [1.54, 1.807) is 6.20 Å². The van der Waals surface area contributed by atoms with Gasteiger partial charge in [0.25, 0.3) is 0 Å². The Morgan fingerprint density at radius 3 is 2.43 bits per heavy atom. The van der Waals surface area contributed by atoms with Crippen LogP contribution >= 0.6 is 0 Å². The van der Waals surface area contributed by atoms with E-state index in [4.69, 9.17) is 9.47 Å². The highest BCUT2D eigenvalue weighted by molar-refractivity contribution is 5.71. The van der Waals surface area contributed by atoms with Crippen molar-refractivity contribution in [2.24, 2.45) is 7.05 Å². The maximum Gasteiger partial charge on any atom is 0.304 e. The topological polar surface area (TPSA) is 73.6 Å². The molecule has 4 aromatic rings. The largest absolute Gasteiger partial charge is 0.493 e. The third-order valence-corrected chi connectivity index (χ3v) is 6.39. The highest BCUT2D eigenvalue weighted by atomic mass is 16.5. The lowest BCUT2D eigenvalue weighted by Gasteiger charge is -2.16. The number of aromatic nitrogens is 2. The average Bonchev–Trinajstić information content (AvgIpc) is 3.33. The summed E-state index contributed by atoms with van der Waals surface area (Å²) < 4.78 is 13.9. The van der Waals surface area contributed by atoms with Crippen molar-refractivity contribution in [2.45, 2.75) is 45.6 Å². The average molecular weight is 499 g/mol. The fourth-order valence-electron chi connectivity index (χ4n) is 4.31. The van der Waals surface area contributed by atoms with E-state index in [9.17, 15) is 9.90 Å². The van der Waals surface area contributed by atoms with Gasteiger partial charge in [0, 0.05) is 25.0 Å². The van der Waals surface area contributed by atoms with Crippen LogP contribution in [0, 0.1) is 6.92 Å². The smallest absolute Gasteiger partial charge is 0.304 e. The Bertz CT molecular complexity index is 1310. The van der Waals surface area contributed by atoms with Gasteiger partial charge in [0.15, 0.2) is 0 Å². The number of unbranched alkanes of at least 4 members (excludes halogenated alkanes) is 1. The molecule has 0 aliphatic heterocycles. The van der Waals surface area contributed by atoms with E-state index >= 15 is 0 Å². The SMILES string of the molecule is CCCCOc1ccc(C)cc1-c1ccc(COc2ccc(C(CC(=O)O)c3nccn3C)cc2)cc1.